The highest BCUT2D eigenvalue weighted by Gasteiger charge is 2.17. The highest BCUT2D eigenvalue weighted by molar-refractivity contribution is 8.14. The van der Waals surface area contributed by atoms with Gasteiger partial charge in [0.25, 0.3) is 9.05 Å². The van der Waals surface area contributed by atoms with Crippen molar-refractivity contribution in [2.45, 2.75) is 4.90 Å². The SMILES string of the molecule is CN(C)c1ccc2c(S(=O)(=O)Cl)cccc2c1C=O. The molecule has 6 heteroatoms. The van der Waals surface area contributed by atoms with Crippen molar-refractivity contribution in [3.8, 4) is 0 Å². The number of hydrogen-bond donors (Lipinski definition) is 0. The van der Waals surface area contributed by atoms with E-state index in [2.05, 4.69) is 0 Å². The third-order valence-corrected chi connectivity index (χ3v) is 4.28. The molecule has 2 aromatic carbocycles. The van der Waals surface area contributed by atoms with Crippen LogP contribution in [0.4, 0.5) is 5.69 Å². The van der Waals surface area contributed by atoms with Crippen molar-refractivity contribution in [3.05, 3.63) is 35.9 Å². The summed E-state index contributed by atoms with van der Waals surface area (Å²) in [5.74, 6) is 0. The second kappa shape index (κ2) is 4.83. The molecule has 0 aliphatic heterocycles. The first-order chi connectivity index (χ1) is 8.86. The van der Waals surface area contributed by atoms with E-state index in [0.717, 1.165) is 12.0 Å². The molecule has 0 amide bonds. The normalized spacial score (nSPS) is 11.5. The average Bonchev–Trinajstić information content (AvgIpc) is 2.35. The zero-order valence-electron chi connectivity index (χ0n) is 10.4. The summed E-state index contributed by atoms with van der Waals surface area (Å²) in [5, 5.41) is 1.02. The fourth-order valence-corrected chi connectivity index (χ4v) is 3.15. The van der Waals surface area contributed by atoms with E-state index >= 15 is 0 Å². The molecule has 4 nitrogen and oxygen atoms in total. The lowest BCUT2D eigenvalue weighted by Gasteiger charge is -2.17. The molecule has 0 radical (unpaired) electrons. The van der Waals surface area contributed by atoms with E-state index in [1.807, 2.05) is 14.1 Å². The Bertz CT molecular complexity index is 754. The van der Waals surface area contributed by atoms with Gasteiger partial charge in [0, 0.05) is 41.4 Å². The van der Waals surface area contributed by atoms with Crippen molar-refractivity contribution in [1.82, 2.24) is 0 Å². The van der Waals surface area contributed by atoms with E-state index in [9.17, 15) is 13.2 Å². The molecule has 0 aromatic heterocycles. The van der Waals surface area contributed by atoms with Gasteiger partial charge in [-0.15, -0.1) is 0 Å². The fraction of sp³-hybridized carbons (Fsp3) is 0.154. The van der Waals surface area contributed by atoms with Crippen molar-refractivity contribution in [2.75, 3.05) is 19.0 Å². The molecule has 2 aromatic rings. The summed E-state index contributed by atoms with van der Waals surface area (Å²) in [6.45, 7) is 0. The smallest absolute Gasteiger partial charge is 0.261 e. The van der Waals surface area contributed by atoms with Crippen LogP contribution < -0.4 is 4.90 Å². The topological polar surface area (TPSA) is 54.5 Å². The predicted molar refractivity (Wildman–Crippen MR) is 76.7 cm³/mol. The first-order valence-electron chi connectivity index (χ1n) is 5.49. The van der Waals surface area contributed by atoms with Crippen molar-refractivity contribution in [1.29, 1.82) is 0 Å². The van der Waals surface area contributed by atoms with Crippen LogP contribution in [0, 0.1) is 0 Å². The van der Waals surface area contributed by atoms with Crippen molar-refractivity contribution < 1.29 is 13.2 Å². The van der Waals surface area contributed by atoms with Crippen LogP contribution in [-0.4, -0.2) is 28.8 Å². The minimum absolute atomic E-state index is 0.0140. The van der Waals surface area contributed by atoms with Crippen LogP contribution in [0.1, 0.15) is 10.4 Å². The Morgan fingerprint density at radius 1 is 1.11 bits per heavy atom. The zero-order valence-corrected chi connectivity index (χ0v) is 12.0. The molecular formula is C13H12ClNO3S. The molecule has 0 unspecified atom stereocenters. The van der Waals surface area contributed by atoms with Crippen LogP contribution >= 0.6 is 10.7 Å². The summed E-state index contributed by atoms with van der Waals surface area (Å²) in [6, 6.07) is 8.07. The number of hydrogen-bond acceptors (Lipinski definition) is 4. The third-order valence-electron chi connectivity index (χ3n) is 2.90. The fourth-order valence-electron chi connectivity index (χ4n) is 2.07. The average molecular weight is 298 g/mol. The van der Waals surface area contributed by atoms with Crippen LogP contribution in [0.15, 0.2) is 35.2 Å². The minimum atomic E-state index is -3.84. The van der Waals surface area contributed by atoms with E-state index in [1.54, 1.807) is 29.2 Å². The van der Waals surface area contributed by atoms with Crippen LogP contribution in [0.3, 0.4) is 0 Å². The first-order valence-corrected chi connectivity index (χ1v) is 7.80. The Hall–Kier alpha value is -1.59. The summed E-state index contributed by atoms with van der Waals surface area (Å²) in [6.07, 6.45) is 0.725. The Labute approximate surface area is 116 Å². The number of nitrogens with zero attached hydrogens (tertiary/aromatic N) is 1. The van der Waals surface area contributed by atoms with Crippen molar-refractivity contribution >= 4 is 42.5 Å². The highest BCUT2D eigenvalue weighted by Crippen LogP contribution is 2.31. The molecule has 0 saturated carbocycles. The Morgan fingerprint density at radius 3 is 2.32 bits per heavy atom. The number of halogens is 1. The van der Waals surface area contributed by atoms with Gasteiger partial charge in [0.1, 0.15) is 0 Å². The van der Waals surface area contributed by atoms with Crippen molar-refractivity contribution in [2.24, 2.45) is 0 Å². The van der Waals surface area contributed by atoms with Gasteiger partial charge in [0.15, 0.2) is 6.29 Å². The minimum Gasteiger partial charge on any atom is -0.377 e. The molecule has 19 heavy (non-hydrogen) atoms. The number of rotatable bonds is 3. The van der Waals surface area contributed by atoms with Crippen LogP contribution in [0.25, 0.3) is 10.8 Å². The first kappa shape index (κ1) is 13.8. The molecule has 0 N–H and O–H groups in total. The predicted octanol–water partition coefficient (Wildman–Crippen LogP) is 2.65. The summed E-state index contributed by atoms with van der Waals surface area (Å²) in [5.41, 5.74) is 1.18. The Balaban J connectivity index is 2.93. The van der Waals surface area contributed by atoms with Crippen LogP contribution in [-0.2, 0) is 9.05 Å². The lowest BCUT2D eigenvalue weighted by atomic mass is 10.0. The van der Waals surface area contributed by atoms with E-state index in [-0.39, 0.29) is 4.90 Å². The molecule has 0 fully saturated rings. The molecular weight excluding hydrogens is 286 g/mol. The van der Waals surface area contributed by atoms with E-state index < -0.39 is 9.05 Å². The Morgan fingerprint density at radius 2 is 1.79 bits per heavy atom. The number of aldehydes is 1. The van der Waals surface area contributed by atoms with Crippen molar-refractivity contribution in [3.63, 3.8) is 0 Å². The van der Waals surface area contributed by atoms with E-state index in [1.165, 1.54) is 6.07 Å². The van der Waals surface area contributed by atoms with Gasteiger partial charge >= 0.3 is 0 Å². The largest absolute Gasteiger partial charge is 0.377 e. The molecule has 0 heterocycles. The lowest BCUT2D eigenvalue weighted by molar-refractivity contribution is 0.112. The zero-order chi connectivity index (χ0) is 14.2. The quantitative estimate of drug-likeness (QED) is 0.645. The van der Waals surface area contributed by atoms with Gasteiger partial charge < -0.3 is 4.90 Å². The summed E-state index contributed by atoms with van der Waals surface area (Å²) >= 11 is 0. The molecule has 0 saturated heterocycles. The standard InChI is InChI=1S/C13H12ClNO3S/c1-15(2)12-7-6-10-9(11(12)8-16)4-3-5-13(10)19(14,17)18/h3-8H,1-2H3. The number of benzene rings is 2. The van der Waals surface area contributed by atoms with Crippen LogP contribution in [0.5, 0.6) is 0 Å². The van der Waals surface area contributed by atoms with Gasteiger partial charge in [-0.05, 0) is 17.5 Å². The molecule has 0 spiro atoms. The van der Waals surface area contributed by atoms with E-state index in [0.29, 0.717) is 16.3 Å². The number of carbonyl (C=O) groups excluding carboxylic acids is 1. The van der Waals surface area contributed by atoms with E-state index in [4.69, 9.17) is 10.7 Å². The maximum atomic E-state index is 11.5. The highest BCUT2D eigenvalue weighted by atomic mass is 35.7. The maximum absolute atomic E-state index is 11.5. The molecule has 100 valence electrons. The lowest BCUT2D eigenvalue weighted by Crippen LogP contribution is -2.11. The molecule has 0 bridgehead atoms. The van der Waals surface area contributed by atoms with Gasteiger partial charge in [-0.25, -0.2) is 8.42 Å². The second-order valence-corrected chi connectivity index (χ2v) is 6.83. The maximum Gasteiger partial charge on any atom is 0.261 e. The van der Waals surface area contributed by atoms with Gasteiger partial charge in [0.2, 0.25) is 0 Å². The molecule has 0 aliphatic carbocycles. The number of fused-ring (bicyclic) bond motifs is 1. The summed E-state index contributed by atoms with van der Waals surface area (Å²) in [7, 11) is 5.20. The second-order valence-electron chi connectivity index (χ2n) is 4.30. The number of anilines is 1. The van der Waals surface area contributed by atoms with Gasteiger partial charge in [-0.3, -0.25) is 4.79 Å². The van der Waals surface area contributed by atoms with Crippen LogP contribution in [0.2, 0.25) is 0 Å². The van der Waals surface area contributed by atoms with Gasteiger partial charge in [-0.1, -0.05) is 18.2 Å². The summed E-state index contributed by atoms with van der Waals surface area (Å²) in [4.78, 5) is 13.1. The summed E-state index contributed by atoms with van der Waals surface area (Å²) < 4.78 is 23.1. The third kappa shape index (κ3) is 2.43. The van der Waals surface area contributed by atoms with Gasteiger partial charge in [-0.2, -0.15) is 0 Å². The number of carbonyl (C=O) groups is 1. The van der Waals surface area contributed by atoms with Gasteiger partial charge in [0.05, 0.1) is 4.90 Å². The molecule has 2 rings (SSSR count). The molecule has 0 atom stereocenters. The monoisotopic (exact) mass is 297 g/mol. The Kier molecular flexibility index (Phi) is 3.52. The molecule has 0 aliphatic rings.